The van der Waals surface area contributed by atoms with Gasteiger partial charge in [0.2, 0.25) is 0 Å². The number of aliphatic hydroxyl groups is 1. The average molecular weight is 433 g/mol. The number of aliphatic carboxylic acids is 1. The van der Waals surface area contributed by atoms with Crippen LogP contribution in [-0.2, 0) is 14.3 Å². The molecule has 0 spiro atoms. The molecular formula is C22H44N2O6. The monoisotopic (exact) mass is 432 g/mol. The molecule has 0 aromatic carbocycles. The summed E-state index contributed by atoms with van der Waals surface area (Å²) in [4.78, 5) is 27.2. The van der Waals surface area contributed by atoms with E-state index in [0.29, 0.717) is 25.9 Å². The Morgan fingerprint density at radius 2 is 1.53 bits per heavy atom. The number of carbonyl (C=O) groups is 2. The van der Waals surface area contributed by atoms with Crippen molar-refractivity contribution >= 4 is 12.1 Å². The second-order valence-corrected chi connectivity index (χ2v) is 7.57. The van der Waals surface area contributed by atoms with Gasteiger partial charge >= 0.3 is 12.1 Å². The Balaban J connectivity index is 4.34. The number of carbonyl (C=O) groups excluding carboxylic acids is 1. The number of hydrogen-bond donors (Lipinski definition) is 2. The molecule has 0 bridgehead atoms. The summed E-state index contributed by atoms with van der Waals surface area (Å²) in [6.07, 6.45) is 5.13. The lowest BCUT2D eigenvalue weighted by Gasteiger charge is -2.25. The van der Waals surface area contributed by atoms with Crippen LogP contribution in [0, 0.1) is 0 Å². The number of nitrogens with zero attached hydrogens (tertiary/aromatic N) is 2. The maximum Gasteiger partial charge on any atom is 0.508 e. The van der Waals surface area contributed by atoms with Crippen molar-refractivity contribution in [1.29, 1.82) is 0 Å². The van der Waals surface area contributed by atoms with Gasteiger partial charge in [0, 0.05) is 32.6 Å². The van der Waals surface area contributed by atoms with Gasteiger partial charge in [0.15, 0.2) is 0 Å². The highest BCUT2D eigenvalue weighted by Crippen LogP contribution is 2.15. The predicted molar refractivity (Wildman–Crippen MR) is 118 cm³/mol. The van der Waals surface area contributed by atoms with Gasteiger partial charge < -0.3 is 24.6 Å². The summed E-state index contributed by atoms with van der Waals surface area (Å²) in [5.41, 5.74) is 0. The fourth-order valence-corrected chi connectivity index (χ4v) is 3.27. The Morgan fingerprint density at radius 3 is 2.13 bits per heavy atom. The smallest absolute Gasteiger partial charge is 0.481 e. The first-order chi connectivity index (χ1) is 14.5. The highest BCUT2D eigenvalue weighted by Gasteiger charge is 2.16. The summed E-state index contributed by atoms with van der Waals surface area (Å²) < 4.78 is 10.7. The summed E-state index contributed by atoms with van der Waals surface area (Å²) >= 11 is 0. The third kappa shape index (κ3) is 16.4. The molecule has 0 rings (SSSR count). The van der Waals surface area contributed by atoms with E-state index in [4.69, 9.17) is 14.6 Å². The first kappa shape index (κ1) is 28.6. The van der Waals surface area contributed by atoms with Crippen LogP contribution in [0.5, 0.6) is 0 Å². The molecular weight excluding hydrogens is 388 g/mol. The number of rotatable bonds is 20. The molecule has 0 aliphatic heterocycles. The van der Waals surface area contributed by atoms with E-state index in [-0.39, 0.29) is 25.7 Å². The third-order valence-corrected chi connectivity index (χ3v) is 5.23. The van der Waals surface area contributed by atoms with Gasteiger partial charge in [-0.25, -0.2) is 4.79 Å². The van der Waals surface area contributed by atoms with Crippen LogP contribution in [-0.4, -0.2) is 90.7 Å². The van der Waals surface area contributed by atoms with E-state index in [2.05, 4.69) is 30.6 Å². The third-order valence-electron chi connectivity index (χ3n) is 5.23. The average Bonchev–Trinajstić information content (AvgIpc) is 2.71. The molecule has 0 heterocycles. The SMILES string of the molecule is CCCCCCC(CCCC(=O)O)OC(=O)OCCN(CCO)CCN(CC)CC. The number of carboxylic acid groups (broad SMARTS) is 1. The molecule has 1 unspecified atom stereocenters. The molecule has 0 radical (unpaired) electrons. The van der Waals surface area contributed by atoms with E-state index >= 15 is 0 Å². The topological polar surface area (TPSA) is 99.5 Å². The van der Waals surface area contributed by atoms with E-state index in [0.717, 1.165) is 58.3 Å². The summed E-state index contributed by atoms with van der Waals surface area (Å²) in [6, 6.07) is 0. The summed E-state index contributed by atoms with van der Waals surface area (Å²) in [6.45, 7) is 11.4. The number of carboxylic acids is 1. The van der Waals surface area contributed by atoms with Gasteiger partial charge in [0.25, 0.3) is 0 Å². The highest BCUT2D eigenvalue weighted by atomic mass is 16.7. The zero-order valence-corrected chi connectivity index (χ0v) is 19.3. The number of likely N-dealkylation sites (N-methyl/N-ethyl adjacent to an activating group) is 1. The molecule has 8 nitrogen and oxygen atoms in total. The molecule has 30 heavy (non-hydrogen) atoms. The van der Waals surface area contributed by atoms with Crippen LogP contribution in [0.3, 0.4) is 0 Å². The Kier molecular flexibility index (Phi) is 18.7. The number of unbranched alkanes of at least 4 members (excludes halogenated alkanes) is 3. The zero-order chi connectivity index (χ0) is 22.6. The van der Waals surface area contributed by atoms with E-state index in [1.54, 1.807) is 0 Å². The van der Waals surface area contributed by atoms with Crippen LogP contribution in [0.1, 0.15) is 72.1 Å². The zero-order valence-electron chi connectivity index (χ0n) is 19.3. The van der Waals surface area contributed by atoms with Crippen molar-refractivity contribution in [3.05, 3.63) is 0 Å². The Hall–Kier alpha value is -1.38. The molecule has 0 aromatic rings. The number of aliphatic hydroxyl groups excluding tert-OH is 1. The standard InChI is InChI=1S/C22H44N2O6/c1-4-7-8-9-11-20(12-10-13-21(26)27)30-22(28)29-19-17-24(16-18-25)15-14-23(5-2)6-3/h20,25H,4-19H2,1-3H3,(H,26,27). The lowest BCUT2D eigenvalue weighted by molar-refractivity contribution is -0.137. The maximum atomic E-state index is 12.1. The van der Waals surface area contributed by atoms with Crippen LogP contribution in [0.4, 0.5) is 4.79 Å². The number of hydrogen-bond acceptors (Lipinski definition) is 7. The number of ether oxygens (including phenoxy) is 2. The molecule has 0 saturated carbocycles. The normalized spacial score (nSPS) is 12.3. The molecule has 0 fully saturated rings. The molecule has 0 amide bonds. The van der Waals surface area contributed by atoms with Crippen LogP contribution in [0.2, 0.25) is 0 Å². The van der Waals surface area contributed by atoms with Gasteiger partial charge in [-0.2, -0.15) is 0 Å². The van der Waals surface area contributed by atoms with Gasteiger partial charge in [0.05, 0.1) is 6.61 Å². The van der Waals surface area contributed by atoms with E-state index in [1.807, 2.05) is 0 Å². The van der Waals surface area contributed by atoms with Gasteiger partial charge in [-0.3, -0.25) is 9.69 Å². The van der Waals surface area contributed by atoms with Gasteiger partial charge in [-0.05, 0) is 38.8 Å². The second kappa shape index (κ2) is 19.6. The van der Waals surface area contributed by atoms with Crippen molar-refractivity contribution in [2.75, 3.05) is 52.5 Å². The fourth-order valence-electron chi connectivity index (χ4n) is 3.27. The van der Waals surface area contributed by atoms with Crippen LogP contribution < -0.4 is 0 Å². The summed E-state index contributed by atoms with van der Waals surface area (Å²) in [5, 5.41) is 18.1. The molecule has 178 valence electrons. The van der Waals surface area contributed by atoms with Gasteiger partial charge in [0.1, 0.15) is 12.7 Å². The van der Waals surface area contributed by atoms with Crippen molar-refractivity contribution in [3.8, 4) is 0 Å². The minimum absolute atomic E-state index is 0.0616. The van der Waals surface area contributed by atoms with Crippen LogP contribution in [0.25, 0.3) is 0 Å². The molecule has 0 aliphatic rings. The Labute approximate surface area is 182 Å². The summed E-state index contributed by atoms with van der Waals surface area (Å²) in [7, 11) is 0. The second-order valence-electron chi connectivity index (χ2n) is 7.57. The minimum atomic E-state index is -0.837. The van der Waals surface area contributed by atoms with Crippen molar-refractivity contribution in [1.82, 2.24) is 9.80 Å². The Bertz CT molecular complexity index is 432. The van der Waals surface area contributed by atoms with E-state index < -0.39 is 12.1 Å². The van der Waals surface area contributed by atoms with Crippen molar-refractivity contribution in [2.24, 2.45) is 0 Å². The van der Waals surface area contributed by atoms with Crippen LogP contribution in [0.15, 0.2) is 0 Å². The molecule has 8 heteroatoms. The van der Waals surface area contributed by atoms with Crippen molar-refractivity contribution in [2.45, 2.75) is 78.2 Å². The van der Waals surface area contributed by atoms with Crippen molar-refractivity contribution < 1.29 is 29.3 Å². The molecule has 1 atom stereocenters. The maximum absolute atomic E-state index is 12.1. The fraction of sp³-hybridized carbons (Fsp3) is 0.909. The molecule has 0 aliphatic carbocycles. The van der Waals surface area contributed by atoms with Crippen LogP contribution >= 0.6 is 0 Å². The lowest BCUT2D eigenvalue weighted by atomic mass is 10.0. The van der Waals surface area contributed by atoms with Crippen molar-refractivity contribution in [3.63, 3.8) is 0 Å². The lowest BCUT2D eigenvalue weighted by Crippen LogP contribution is -2.38. The minimum Gasteiger partial charge on any atom is -0.481 e. The van der Waals surface area contributed by atoms with E-state index in [9.17, 15) is 14.7 Å². The molecule has 0 aromatic heterocycles. The first-order valence-corrected chi connectivity index (χ1v) is 11.6. The molecule has 2 N–H and O–H groups in total. The first-order valence-electron chi connectivity index (χ1n) is 11.6. The van der Waals surface area contributed by atoms with E-state index in [1.165, 1.54) is 0 Å². The summed E-state index contributed by atoms with van der Waals surface area (Å²) in [5.74, 6) is -0.837. The Morgan fingerprint density at radius 1 is 0.867 bits per heavy atom. The highest BCUT2D eigenvalue weighted by molar-refractivity contribution is 5.66. The predicted octanol–water partition coefficient (Wildman–Crippen LogP) is 3.37. The largest absolute Gasteiger partial charge is 0.508 e. The quantitative estimate of drug-likeness (QED) is 0.223. The van der Waals surface area contributed by atoms with Gasteiger partial charge in [-0.15, -0.1) is 0 Å². The molecule has 0 saturated heterocycles. The van der Waals surface area contributed by atoms with Gasteiger partial charge in [-0.1, -0.05) is 40.0 Å².